The standard InChI is InChI=1S/C15H24FNO/c1-6-17-14(15(4,5)18-7-2)13-10-12(16)9-8-11(13)3/h8-10,14,17H,6-7H2,1-5H3. The van der Waals surface area contributed by atoms with Crippen molar-refractivity contribution in [3.63, 3.8) is 0 Å². The van der Waals surface area contributed by atoms with Gasteiger partial charge < -0.3 is 10.1 Å². The molecule has 0 saturated carbocycles. The van der Waals surface area contributed by atoms with Gasteiger partial charge in [0.05, 0.1) is 11.6 Å². The molecule has 1 unspecified atom stereocenters. The van der Waals surface area contributed by atoms with Crippen LogP contribution in [0.4, 0.5) is 4.39 Å². The molecular weight excluding hydrogens is 229 g/mol. The van der Waals surface area contributed by atoms with Crippen molar-refractivity contribution in [1.82, 2.24) is 5.32 Å². The van der Waals surface area contributed by atoms with Crippen molar-refractivity contribution in [1.29, 1.82) is 0 Å². The quantitative estimate of drug-likeness (QED) is 0.836. The molecule has 3 heteroatoms. The summed E-state index contributed by atoms with van der Waals surface area (Å²) in [6, 6.07) is 4.90. The third-order valence-electron chi connectivity index (χ3n) is 3.17. The van der Waals surface area contributed by atoms with E-state index in [4.69, 9.17) is 4.74 Å². The van der Waals surface area contributed by atoms with E-state index in [0.717, 1.165) is 17.7 Å². The monoisotopic (exact) mass is 253 g/mol. The molecule has 1 rings (SSSR count). The first kappa shape index (κ1) is 15.1. The number of rotatable bonds is 6. The number of benzene rings is 1. The van der Waals surface area contributed by atoms with Gasteiger partial charge in [0, 0.05) is 6.61 Å². The van der Waals surface area contributed by atoms with Crippen LogP contribution >= 0.6 is 0 Å². The van der Waals surface area contributed by atoms with Gasteiger partial charge in [-0.25, -0.2) is 4.39 Å². The van der Waals surface area contributed by atoms with Crippen LogP contribution in [0.15, 0.2) is 18.2 Å². The maximum atomic E-state index is 13.5. The molecule has 0 radical (unpaired) electrons. The van der Waals surface area contributed by atoms with Gasteiger partial charge in [-0.3, -0.25) is 0 Å². The third kappa shape index (κ3) is 3.53. The fraction of sp³-hybridized carbons (Fsp3) is 0.600. The molecule has 1 aromatic carbocycles. The molecule has 0 bridgehead atoms. The number of hydrogen-bond donors (Lipinski definition) is 1. The van der Waals surface area contributed by atoms with E-state index < -0.39 is 0 Å². The van der Waals surface area contributed by atoms with Crippen molar-refractivity contribution in [2.24, 2.45) is 0 Å². The zero-order valence-corrected chi connectivity index (χ0v) is 12.0. The Morgan fingerprint density at radius 3 is 2.56 bits per heavy atom. The van der Waals surface area contributed by atoms with E-state index in [1.807, 2.05) is 40.7 Å². The minimum Gasteiger partial charge on any atom is -0.374 e. The summed E-state index contributed by atoms with van der Waals surface area (Å²) in [7, 11) is 0. The van der Waals surface area contributed by atoms with Crippen LogP contribution in [0.2, 0.25) is 0 Å². The molecule has 1 atom stereocenters. The minimum absolute atomic E-state index is 0.0156. The molecule has 2 nitrogen and oxygen atoms in total. The van der Waals surface area contributed by atoms with Gasteiger partial charge in [-0.05, 0) is 57.5 Å². The molecule has 0 aliphatic heterocycles. The molecule has 0 saturated heterocycles. The van der Waals surface area contributed by atoms with Crippen LogP contribution in [-0.2, 0) is 4.74 Å². The van der Waals surface area contributed by atoms with E-state index in [2.05, 4.69) is 5.32 Å². The Morgan fingerprint density at radius 1 is 1.33 bits per heavy atom. The van der Waals surface area contributed by atoms with Crippen LogP contribution in [0, 0.1) is 12.7 Å². The number of aryl methyl sites for hydroxylation is 1. The van der Waals surface area contributed by atoms with E-state index in [-0.39, 0.29) is 17.5 Å². The highest BCUT2D eigenvalue weighted by Gasteiger charge is 2.31. The second-order valence-corrected chi connectivity index (χ2v) is 5.03. The van der Waals surface area contributed by atoms with Crippen molar-refractivity contribution in [2.75, 3.05) is 13.2 Å². The molecule has 0 fully saturated rings. The van der Waals surface area contributed by atoms with E-state index in [9.17, 15) is 4.39 Å². The SMILES string of the molecule is CCNC(c1cc(F)ccc1C)C(C)(C)OCC. The second-order valence-electron chi connectivity index (χ2n) is 5.03. The Bertz CT molecular complexity index is 390. The number of nitrogens with one attached hydrogen (secondary N) is 1. The maximum absolute atomic E-state index is 13.5. The average molecular weight is 253 g/mol. The predicted molar refractivity (Wildman–Crippen MR) is 73.3 cm³/mol. The van der Waals surface area contributed by atoms with Crippen molar-refractivity contribution < 1.29 is 9.13 Å². The summed E-state index contributed by atoms with van der Waals surface area (Å²) in [4.78, 5) is 0. The fourth-order valence-electron chi connectivity index (χ4n) is 2.31. The normalized spacial score (nSPS) is 13.7. The van der Waals surface area contributed by atoms with E-state index >= 15 is 0 Å². The minimum atomic E-state index is -0.372. The molecule has 0 aromatic heterocycles. The van der Waals surface area contributed by atoms with Gasteiger partial charge >= 0.3 is 0 Å². The highest BCUT2D eigenvalue weighted by molar-refractivity contribution is 5.31. The highest BCUT2D eigenvalue weighted by Crippen LogP contribution is 2.31. The first-order valence-corrected chi connectivity index (χ1v) is 6.55. The summed E-state index contributed by atoms with van der Waals surface area (Å²) in [5.74, 6) is -0.203. The average Bonchev–Trinajstić information content (AvgIpc) is 2.29. The smallest absolute Gasteiger partial charge is 0.123 e. The molecule has 0 heterocycles. The van der Waals surface area contributed by atoms with Gasteiger partial charge in [0.25, 0.3) is 0 Å². The lowest BCUT2D eigenvalue weighted by molar-refractivity contribution is -0.0390. The van der Waals surface area contributed by atoms with Crippen LogP contribution in [0.1, 0.15) is 44.9 Å². The van der Waals surface area contributed by atoms with E-state index in [1.165, 1.54) is 6.07 Å². The maximum Gasteiger partial charge on any atom is 0.123 e. The summed E-state index contributed by atoms with van der Waals surface area (Å²) in [6.07, 6.45) is 0. The number of likely N-dealkylation sites (N-methyl/N-ethyl adjacent to an activating group) is 1. The van der Waals surface area contributed by atoms with Gasteiger partial charge in [0.1, 0.15) is 5.82 Å². The molecule has 18 heavy (non-hydrogen) atoms. The summed E-state index contributed by atoms with van der Waals surface area (Å²) in [6.45, 7) is 11.6. The van der Waals surface area contributed by atoms with Crippen molar-refractivity contribution in [2.45, 2.75) is 46.3 Å². The molecule has 0 aliphatic carbocycles. The molecule has 102 valence electrons. The lowest BCUT2D eigenvalue weighted by Gasteiger charge is -2.36. The Balaban J connectivity index is 3.14. The Hall–Kier alpha value is -0.930. The van der Waals surface area contributed by atoms with Crippen LogP contribution in [0.3, 0.4) is 0 Å². The van der Waals surface area contributed by atoms with Gasteiger partial charge in [0.15, 0.2) is 0 Å². The lowest BCUT2D eigenvalue weighted by Crippen LogP contribution is -2.42. The first-order valence-electron chi connectivity index (χ1n) is 6.55. The lowest BCUT2D eigenvalue weighted by atomic mass is 9.88. The summed E-state index contributed by atoms with van der Waals surface area (Å²) in [5, 5.41) is 3.40. The fourth-order valence-corrected chi connectivity index (χ4v) is 2.31. The Kier molecular flexibility index (Phi) is 5.29. The van der Waals surface area contributed by atoms with Gasteiger partial charge in [-0.2, -0.15) is 0 Å². The van der Waals surface area contributed by atoms with Crippen molar-refractivity contribution in [3.8, 4) is 0 Å². The number of halogens is 1. The number of ether oxygens (including phenoxy) is 1. The third-order valence-corrected chi connectivity index (χ3v) is 3.17. The Labute approximate surface area is 110 Å². The van der Waals surface area contributed by atoms with Crippen LogP contribution < -0.4 is 5.32 Å². The second kappa shape index (κ2) is 6.30. The zero-order valence-electron chi connectivity index (χ0n) is 12.0. The highest BCUT2D eigenvalue weighted by atomic mass is 19.1. The molecule has 0 spiro atoms. The molecule has 1 aromatic rings. The van der Waals surface area contributed by atoms with Crippen LogP contribution in [0.25, 0.3) is 0 Å². The van der Waals surface area contributed by atoms with E-state index in [0.29, 0.717) is 6.61 Å². The first-order chi connectivity index (χ1) is 8.42. The molecule has 0 amide bonds. The zero-order chi connectivity index (χ0) is 13.8. The van der Waals surface area contributed by atoms with Crippen LogP contribution in [0.5, 0.6) is 0 Å². The molecular formula is C15H24FNO. The topological polar surface area (TPSA) is 21.3 Å². The van der Waals surface area contributed by atoms with Gasteiger partial charge in [0.2, 0.25) is 0 Å². The van der Waals surface area contributed by atoms with E-state index in [1.54, 1.807) is 6.07 Å². The van der Waals surface area contributed by atoms with Crippen molar-refractivity contribution >= 4 is 0 Å². The summed E-state index contributed by atoms with van der Waals surface area (Å²) < 4.78 is 19.3. The van der Waals surface area contributed by atoms with Gasteiger partial charge in [-0.1, -0.05) is 13.0 Å². The predicted octanol–water partition coefficient (Wildman–Crippen LogP) is 3.60. The molecule has 1 N–H and O–H groups in total. The molecule has 0 aliphatic rings. The van der Waals surface area contributed by atoms with Crippen molar-refractivity contribution in [3.05, 3.63) is 35.1 Å². The summed E-state index contributed by atoms with van der Waals surface area (Å²) >= 11 is 0. The summed E-state index contributed by atoms with van der Waals surface area (Å²) in [5.41, 5.74) is 1.67. The number of hydrogen-bond acceptors (Lipinski definition) is 2. The Morgan fingerprint density at radius 2 is 2.00 bits per heavy atom. The van der Waals surface area contributed by atoms with Crippen LogP contribution in [-0.4, -0.2) is 18.8 Å². The largest absolute Gasteiger partial charge is 0.374 e. The van der Waals surface area contributed by atoms with Gasteiger partial charge in [-0.15, -0.1) is 0 Å².